The van der Waals surface area contributed by atoms with E-state index in [9.17, 15) is 4.79 Å². The van der Waals surface area contributed by atoms with Gasteiger partial charge in [0.2, 0.25) is 0 Å². The van der Waals surface area contributed by atoms with Gasteiger partial charge in [-0.2, -0.15) is 0 Å². The number of aryl methyl sites for hydroxylation is 1. The monoisotopic (exact) mass is 207 g/mol. The first kappa shape index (κ1) is 11.7. The Hall–Kier alpha value is -1.35. The van der Waals surface area contributed by atoms with Crippen LogP contribution in [0.1, 0.15) is 30.5 Å². The molecule has 0 heterocycles. The summed E-state index contributed by atoms with van der Waals surface area (Å²) in [5.41, 5.74) is 8.10. The molecule has 0 aliphatic carbocycles. The van der Waals surface area contributed by atoms with Crippen LogP contribution in [0.3, 0.4) is 0 Å². The van der Waals surface area contributed by atoms with Gasteiger partial charge in [0.25, 0.3) is 0 Å². The molecule has 0 saturated carbocycles. The van der Waals surface area contributed by atoms with Crippen molar-refractivity contribution in [3.63, 3.8) is 0 Å². The van der Waals surface area contributed by atoms with E-state index in [-0.39, 0.29) is 18.4 Å². The predicted molar refractivity (Wildman–Crippen MR) is 59.4 cm³/mol. The van der Waals surface area contributed by atoms with Crippen molar-refractivity contribution in [1.29, 1.82) is 0 Å². The first-order valence-electron chi connectivity index (χ1n) is 5.08. The van der Waals surface area contributed by atoms with E-state index < -0.39 is 0 Å². The van der Waals surface area contributed by atoms with Gasteiger partial charge in [-0.1, -0.05) is 31.2 Å². The van der Waals surface area contributed by atoms with Crippen molar-refractivity contribution < 1.29 is 9.53 Å². The zero-order chi connectivity index (χ0) is 11.3. The highest BCUT2D eigenvalue weighted by Crippen LogP contribution is 2.15. The summed E-state index contributed by atoms with van der Waals surface area (Å²) in [6.45, 7) is 2.10. The van der Waals surface area contributed by atoms with Crippen LogP contribution in [-0.2, 0) is 16.0 Å². The van der Waals surface area contributed by atoms with Crippen molar-refractivity contribution >= 4 is 5.97 Å². The van der Waals surface area contributed by atoms with Crippen LogP contribution in [0.15, 0.2) is 24.3 Å². The van der Waals surface area contributed by atoms with Crippen molar-refractivity contribution in [2.75, 3.05) is 7.11 Å². The third-order valence-corrected chi connectivity index (χ3v) is 2.43. The summed E-state index contributed by atoms with van der Waals surface area (Å²) in [7, 11) is 1.37. The highest BCUT2D eigenvalue weighted by molar-refractivity contribution is 5.70. The Kier molecular flexibility index (Phi) is 4.31. The SMILES string of the molecule is CCc1ccc(C(N)CC(=O)OC)cc1. The lowest BCUT2D eigenvalue weighted by Gasteiger charge is -2.10. The van der Waals surface area contributed by atoms with Gasteiger partial charge in [-0.25, -0.2) is 0 Å². The number of ether oxygens (including phenoxy) is 1. The maximum atomic E-state index is 11.0. The van der Waals surface area contributed by atoms with Crippen LogP contribution in [0.4, 0.5) is 0 Å². The number of hydrogen-bond donors (Lipinski definition) is 1. The summed E-state index contributed by atoms with van der Waals surface area (Å²) >= 11 is 0. The second-order valence-electron chi connectivity index (χ2n) is 3.48. The van der Waals surface area contributed by atoms with E-state index in [2.05, 4.69) is 11.7 Å². The maximum absolute atomic E-state index is 11.0. The molecule has 1 rings (SSSR count). The van der Waals surface area contributed by atoms with Crippen molar-refractivity contribution in [2.45, 2.75) is 25.8 Å². The Morgan fingerprint density at radius 2 is 2.00 bits per heavy atom. The number of carbonyl (C=O) groups is 1. The lowest BCUT2D eigenvalue weighted by atomic mass is 10.0. The van der Waals surface area contributed by atoms with E-state index in [0.717, 1.165) is 12.0 Å². The maximum Gasteiger partial charge on any atom is 0.307 e. The molecule has 1 aromatic rings. The first-order chi connectivity index (χ1) is 7.17. The molecule has 0 fully saturated rings. The van der Waals surface area contributed by atoms with E-state index >= 15 is 0 Å². The van der Waals surface area contributed by atoms with Crippen LogP contribution < -0.4 is 5.73 Å². The largest absolute Gasteiger partial charge is 0.469 e. The molecule has 0 aliphatic heterocycles. The molecule has 1 unspecified atom stereocenters. The summed E-state index contributed by atoms with van der Waals surface area (Å²) in [6.07, 6.45) is 1.23. The highest BCUT2D eigenvalue weighted by atomic mass is 16.5. The zero-order valence-electron chi connectivity index (χ0n) is 9.19. The van der Waals surface area contributed by atoms with E-state index in [0.29, 0.717) is 0 Å². The number of methoxy groups -OCH3 is 1. The third kappa shape index (κ3) is 3.36. The van der Waals surface area contributed by atoms with Gasteiger partial charge in [0, 0.05) is 6.04 Å². The van der Waals surface area contributed by atoms with Gasteiger partial charge in [-0.15, -0.1) is 0 Å². The van der Waals surface area contributed by atoms with Crippen LogP contribution in [0.5, 0.6) is 0 Å². The van der Waals surface area contributed by atoms with Crippen LogP contribution in [0, 0.1) is 0 Å². The Balaban J connectivity index is 2.65. The van der Waals surface area contributed by atoms with Crippen LogP contribution >= 0.6 is 0 Å². The van der Waals surface area contributed by atoms with E-state index in [1.54, 1.807) is 0 Å². The Morgan fingerprint density at radius 1 is 1.40 bits per heavy atom. The second-order valence-corrected chi connectivity index (χ2v) is 3.48. The number of esters is 1. The molecular weight excluding hydrogens is 190 g/mol. The molecule has 1 aromatic carbocycles. The Bertz CT molecular complexity index is 319. The van der Waals surface area contributed by atoms with E-state index in [1.165, 1.54) is 12.7 Å². The van der Waals surface area contributed by atoms with Crippen LogP contribution in [0.2, 0.25) is 0 Å². The average Bonchev–Trinajstić information content (AvgIpc) is 2.29. The molecule has 82 valence electrons. The van der Waals surface area contributed by atoms with Crippen molar-refractivity contribution in [3.8, 4) is 0 Å². The average molecular weight is 207 g/mol. The Labute approximate surface area is 90.2 Å². The number of nitrogens with two attached hydrogens (primary N) is 1. The van der Waals surface area contributed by atoms with Gasteiger partial charge in [-0.05, 0) is 17.5 Å². The lowest BCUT2D eigenvalue weighted by Crippen LogP contribution is -2.16. The van der Waals surface area contributed by atoms with Crippen molar-refractivity contribution in [2.24, 2.45) is 5.73 Å². The van der Waals surface area contributed by atoms with E-state index in [4.69, 9.17) is 5.73 Å². The quantitative estimate of drug-likeness (QED) is 0.766. The molecule has 3 nitrogen and oxygen atoms in total. The van der Waals surface area contributed by atoms with Gasteiger partial charge >= 0.3 is 5.97 Å². The topological polar surface area (TPSA) is 52.3 Å². The van der Waals surface area contributed by atoms with Gasteiger partial charge in [0.05, 0.1) is 13.5 Å². The van der Waals surface area contributed by atoms with E-state index in [1.807, 2.05) is 24.3 Å². The van der Waals surface area contributed by atoms with Gasteiger partial charge in [-0.3, -0.25) is 4.79 Å². The Morgan fingerprint density at radius 3 is 2.47 bits per heavy atom. The highest BCUT2D eigenvalue weighted by Gasteiger charge is 2.11. The summed E-state index contributed by atoms with van der Waals surface area (Å²) < 4.78 is 4.57. The molecule has 0 aliphatic rings. The standard InChI is InChI=1S/C12H17NO2/c1-3-9-4-6-10(7-5-9)11(13)8-12(14)15-2/h4-7,11H,3,8,13H2,1-2H3. The summed E-state index contributed by atoms with van der Waals surface area (Å²) in [6, 6.07) is 7.72. The van der Waals surface area contributed by atoms with Crippen LogP contribution in [-0.4, -0.2) is 13.1 Å². The predicted octanol–water partition coefficient (Wildman–Crippen LogP) is 1.81. The summed E-state index contributed by atoms with van der Waals surface area (Å²) in [5, 5.41) is 0. The molecule has 1 atom stereocenters. The minimum absolute atomic E-state index is 0.224. The summed E-state index contributed by atoms with van der Waals surface area (Å²) in [4.78, 5) is 11.0. The first-order valence-corrected chi connectivity index (χ1v) is 5.08. The number of rotatable bonds is 4. The molecule has 2 N–H and O–H groups in total. The minimum Gasteiger partial charge on any atom is -0.469 e. The lowest BCUT2D eigenvalue weighted by molar-refractivity contribution is -0.141. The second kappa shape index (κ2) is 5.51. The fraction of sp³-hybridized carbons (Fsp3) is 0.417. The van der Waals surface area contributed by atoms with Gasteiger partial charge in [0.15, 0.2) is 0 Å². The summed E-state index contributed by atoms with van der Waals surface area (Å²) in [5.74, 6) is -0.276. The number of carbonyl (C=O) groups excluding carboxylic acids is 1. The molecule has 0 radical (unpaired) electrons. The van der Waals surface area contributed by atoms with Crippen LogP contribution in [0.25, 0.3) is 0 Å². The smallest absolute Gasteiger partial charge is 0.307 e. The van der Waals surface area contributed by atoms with Crippen molar-refractivity contribution in [1.82, 2.24) is 0 Å². The van der Waals surface area contributed by atoms with Gasteiger partial charge in [0.1, 0.15) is 0 Å². The third-order valence-electron chi connectivity index (χ3n) is 2.43. The minimum atomic E-state index is -0.276. The molecular formula is C12H17NO2. The molecule has 15 heavy (non-hydrogen) atoms. The molecule has 0 aromatic heterocycles. The fourth-order valence-electron chi connectivity index (χ4n) is 1.38. The van der Waals surface area contributed by atoms with Crippen molar-refractivity contribution in [3.05, 3.63) is 35.4 Å². The molecule has 0 saturated heterocycles. The molecule has 3 heteroatoms. The number of hydrogen-bond acceptors (Lipinski definition) is 3. The number of benzene rings is 1. The van der Waals surface area contributed by atoms with Gasteiger partial charge < -0.3 is 10.5 Å². The molecule has 0 bridgehead atoms. The normalized spacial score (nSPS) is 12.2. The molecule has 0 amide bonds. The molecule has 0 spiro atoms. The zero-order valence-corrected chi connectivity index (χ0v) is 9.19. The fourth-order valence-corrected chi connectivity index (χ4v) is 1.38.